The average molecular weight is 329 g/mol. The van der Waals surface area contributed by atoms with Crippen LogP contribution in [0.3, 0.4) is 0 Å². The molecule has 0 aliphatic rings. The van der Waals surface area contributed by atoms with E-state index >= 15 is 0 Å². The minimum absolute atomic E-state index is 0.0305. The molecule has 0 fully saturated rings. The van der Waals surface area contributed by atoms with Gasteiger partial charge in [0.1, 0.15) is 5.82 Å². The van der Waals surface area contributed by atoms with Crippen LogP contribution < -0.4 is 10.6 Å². The van der Waals surface area contributed by atoms with Crippen molar-refractivity contribution in [2.75, 3.05) is 6.54 Å². The monoisotopic (exact) mass is 328 g/mol. The number of hydrogen-bond donors (Lipinski definition) is 3. The standard InChI is InChI=1S/C13H14ClFN4O3/c1-7-18-12(19-22-7)6-17-13(21)16-5-11(20)8-2-3-9(14)10(15)4-8/h2-4,11,20H,5-6H2,1H3,(H2,16,17,21)/t11-/m0/s1. The topological polar surface area (TPSA) is 100 Å². The van der Waals surface area contributed by atoms with Gasteiger partial charge in [0.25, 0.3) is 0 Å². The molecule has 1 aromatic heterocycles. The van der Waals surface area contributed by atoms with Crippen molar-refractivity contribution in [1.29, 1.82) is 0 Å². The van der Waals surface area contributed by atoms with Crippen LogP contribution in [-0.4, -0.2) is 27.8 Å². The largest absolute Gasteiger partial charge is 0.387 e. The lowest BCUT2D eigenvalue weighted by Gasteiger charge is -2.13. The number of aliphatic hydroxyl groups excluding tert-OH is 1. The molecule has 0 aliphatic carbocycles. The van der Waals surface area contributed by atoms with Gasteiger partial charge in [0.2, 0.25) is 5.89 Å². The first-order valence-corrected chi connectivity index (χ1v) is 6.77. The van der Waals surface area contributed by atoms with E-state index in [0.29, 0.717) is 17.3 Å². The van der Waals surface area contributed by atoms with Crippen LogP contribution in [0.15, 0.2) is 22.7 Å². The number of nitrogens with zero attached hydrogens (tertiary/aromatic N) is 2. The number of aliphatic hydroxyl groups is 1. The van der Waals surface area contributed by atoms with Crippen LogP contribution in [0.1, 0.15) is 23.4 Å². The molecule has 0 saturated carbocycles. The first-order valence-electron chi connectivity index (χ1n) is 6.39. The van der Waals surface area contributed by atoms with Gasteiger partial charge >= 0.3 is 6.03 Å². The number of rotatable bonds is 5. The first kappa shape index (κ1) is 16.2. The normalized spacial score (nSPS) is 12.0. The molecule has 2 rings (SSSR count). The third-order valence-corrected chi connectivity index (χ3v) is 3.07. The summed E-state index contributed by atoms with van der Waals surface area (Å²) in [5, 5.41) is 18.4. The van der Waals surface area contributed by atoms with E-state index in [0.717, 1.165) is 6.07 Å². The van der Waals surface area contributed by atoms with Crippen molar-refractivity contribution < 1.29 is 18.8 Å². The number of aromatic nitrogens is 2. The number of urea groups is 1. The number of nitrogens with one attached hydrogen (secondary N) is 2. The fourth-order valence-electron chi connectivity index (χ4n) is 1.66. The molecular formula is C13H14ClFN4O3. The highest BCUT2D eigenvalue weighted by Gasteiger charge is 2.12. The van der Waals surface area contributed by atoms with Crippen molar-refractivity contribution >= 4 is 17.6 Å². The molecule has 118 valence electrons. The van der Waals surface area contributed by atoms with Gasteiger partial charge < -0.3 is 20.3 Å². The maximum Gasteiger partial charge on any atom is 0.315 e. The van der Waals surface area contributed by atoms with E-state index in [9.17, 15) is 14.3 Å². The van der Waals surface area contributed by atoms with Crippen molar-refractivity contribution in [2.24, 2.45) is 0 Å². The predicted octanol–water partition coefficient (Wildman–Crippen LogP) is 1.70. The summed E-state index contributed by atoms with van der Waals surface area (Å²) < 4.78 is 18.0. The maximum absolute atomic E-state index is 13.3. The molecule has 3 N–H and O–H groups in total. The second-order valence-electron chi connectivity index (χ2n) is 4.48. The number of carbonyl (C=O) groups excluding carboxylic acids is 1. The zero-order valence-electron chi connectivity index (χ0n) is 11.6. The summed E-state index contributed by atoms with van der Waals surface area (Å²) in [5.74, 6) is 0.112. The molecule has 0 bridgehead atoms. The zero-order chi connectivity index (χ0) is 16.1. The molecule has 0 spiro atoms. The molecule has 0 radical (unpaired) electrons. The molecule has 1 heterocycles. The summed E-state index contributed by atoms with van der Waals surface area (Å²) in [5.41, 5.74) is 0.316. The van der Waals surface area contributed by atoms with Crippen LogP contribution >= 0.6 is 11.6 Å². The van der Waals surface area contributed by atoms with Crippen molar-refractivity contribution in [2.45, 2.75) is 19.6 Å². The molecule has 9 heteroatoms. The van der Waals surface area contributed by atoms with E-state index in [-0.39, 0.29) is 18.1 Å². The minimum atomic E-state index is -1.05. The molecule has 1 atom stereocenters. The van der Waals surface area contributed by atoms with Gasteiger partial charge in [-0.2, -0.15) is 4.98 Å². The maximum atomic E-state index is 13.3. The molecule has 7 nitrogen and oxygen atoms in total. The highest BCUT2D eigenvalue weighted by molar-refractivity contribution is 6.30. The summed E-state index contributed by atoms with van der Waals surface area (Å²) in [6, 6.07) is 3.43. The highest BCUT2D eigenvalue weighted by Crippen LogP contribution is 2.19. The van der Waals surface area contributed by atoms with E-state index in [2.05, 4.69) is 20.8 Å². The predicted molar refractivity (Wildman–Crippen MR) is 75.6 cm³/mol. The van der Waals surface area contributed by atoms with Gasteiger partial charge in [-0.05, 0) is 17.7 Å². The zero-order valence-corrected chi connectivity index (χ0v) is 12.4. The van der Waals surface area contributed by atoms with Crippen molar-refractivity contribution in [1.82, 2.24) is 20.8 Å². The number of benzene rings is 1. The van der Waals surface area contributed by atoms with Crippen LogP contribution in [0.4, 0.5) is 9.18 Å². The third-order valence-electron chi connectivity index (χ3n) is 2.76. The van der Waals surface area contributed by atoms with Gasteiger partial charge in [-0.15, -0.1) is 0 Å². The minimum Gasteiger partial charge on any atom is -0.387 e. The summed E-state index contributed by atoms with van der Waals surface area (Å²) in [6.45, 7) is 1.64. The number of carbonyl (C=O) groups is 1. The Hall–Kier alpha value is -2.19. The van der Waals surface area contributed by atoms with E-state index in [1.54, 1.807) is 6.92 Å². The molecule has 0 saturated heterocycles. The van der Waals surface area contributed by atoms with Crippen LogP contribution in [0.25, 0.3) is 0 Å². The van der Waals surface area contributed by atoms with Crippen LogP contribution in [0.2, 0.25) is 5.02 Å². The second kappa shape index (κ2) is 7.19. The van der Waals surface area contributed by atoms with Crippen LogP contribution in [0, 0.1) is 12.7 Å². The summed E-state index contributed by atoms with van der Waals surface area (Å²) in [4.78, 5) is 15.5. The number of halogens is 2. The number of aryl methyl sites for hydroxylation is 1. The fourth-order valence-corrected chi connectivity index (χ4v) is 1.78. The van der Waals surface area contributed by atoms with Gasteiger partial charge in [0.15, 0.2) is 5.82 Å². The average Bonchev–Trinajstić information content (AvgIpc) is 2.91. The Morgan fingerprint density at radius 1 is 1.50 bits per heavy atom. The summed E-state index contributed by atoms with van der Waals surface area (Å²) in [7, 11) is 0. The van der Waals surface area contributed by atoms with Gasteiger partial charge in [0, 0.05) is 13.5 Å². The Bertz CT molecular complexity index is 664. The Labute approximate surface area is 130 Å². The van der Waals surface area contributed by atoms with Crippen molar-refractivity contribution in [3.05, 3.63) is 46.3 Å². The Balaban J connectivity index is 1.78. The quantitative estimate of drug-likeness (QED) is 0.775. The highest BCUT2D eigenvalue weighted by atomic mass is 35.5. The van der Waals surface area contributed by atoms with Gasteiger partial charge in [0.05, 0.1) is 17.7 Å². The molecule has 22 heavy (non-hydrogen) atoms. The van der Waals surface area contributed by atoms with E-state index < -0.39 is 18.0 Å². The van der Waals surface area contributed by atoms with Gasteiger partial charge in [-0.1, -0.05) is 22.8 Å². The number of hydrogen-bond acceptors (Lipinski definition) is 5. The molecule has 0 unspecified atom stereocenters. The third kappa shape index (κ3) is 4.40. The molecule has 0 aliphatic heterocycles. The Morgan fingerprint density at radius 2 is 2.27 bits per heavy atom. The van der Waals surface area contributed by atoms with E-state index in [1.807, 2.05) is 0 Å². The number of amides is 2. The van der Waals surface area contributed by atoms with Gasteiger partial charge in [-0.3, -0.25) is 0 Å². The molecule has 2 aromatic rings. The van der Waals surface area contributed by atoms with Crippen LogP contribution in [-0.2, 0) is 6.54 Å². The van der Waals surface area contributed by atoms with Crippen molar-refractivity contribution in [3.63, 3.8) is 0 Å². The lowest BCUT2D eigenvalue weighted by molar-refractivity contribution is 0.172. The lowest BCUT2D eigenvalue weighted by atomic mass is 10.1. The fraction of sp³-hybridized carbons (Fsp3) is 0.308. The van der Waals surface area contributed by atoms with Crippen molar-refractivity contribution in [3.8, 4) is 0 Å². The SMILES string of the molecule is Cc1nc(CNC(=O)NC[C@H](O)c2ccc(Cl)c(F)c2)no1. The van der Waals surface area contributed by atoms with Crippen LogP contribution in [0.5, 0.6) is 0 Å². The van der Waals surface area contributed by atoms with E-state index in [4.69, 9.17) is 16.1 Å². The smallest absolute Gasteiger partial charge is 0.315 e. The summed E-state index contributed by atoms with van der Waals surface area (Å²) >= 11 is 5.56. The second-order valence-corrected chi connectivity index (χ2v) is 4.89. The molecule has 1 aromatic carbocycles. The van der Waals surface area contributed by atoms with Gasteiger partial charge in [-0.25, -0.2) is 9.18 Å². The molecule has 2 amide bonds. The molecular weight excluding hydrogens is 315 g/mol. The lowest BCUT2D eigenvalue weighted by Crippen LogP contribution is -2.37. The Morgan fingerprint density at radius 3 is 2.91 bits per heavy atom. The Kier molecular flexibility index (Phi) is 5.29. The first-order chi connectivity index (χ1) is 10.5. The summed E-state index contributed by atoms with van der Waals surface area (Å²) in [6.07, 6.45) is -1.05. The van der Waals surface area contributed by atoms with E-state index in [1.165, 1.54) is 12.1 Å².